The van der Waals surface area contributed by atoms with Crippen molar-refractivity contribution in [2.45, 2.75) is 26.1 Å². The molecule has 2 rings (SSSR count). The number of nitrogens with zero attached hydrogens (tertiary/aromatic N) is 1. The summed E-state index contributed by atoms with van der Waals surface area (Å²) in [6.45, 7) is 8.05. The van der Waals surface area contributed by atoms with Crippen LogP contribution in [0.4, 0.5) is 4.39 Å². The van der Waals surface area contributed by atoms with Crippen molar-refractivity contribution in [1.29, 1.82) is 0 Å². The minimum absolute atomic E-state index is 0.707. The van der Waals surface area contributed by atoms with Crippen LogP contribution in [0.25, 0.3) is 0 Å². The van der Waals surface area contributed by atoms with Gasteiger partial charge in [-0.05, 0) is 31.5 Å². The predicted molar refractivity (Wildman–Crippen MR) is 75.3 cm³/mol. The van der Waals surface area contributed by atoms with E-state index < -0.39 is 5.67 Å². The number of alkyl halides is 1. The van der Waals surface area contributed by atoms with Crippen molar-refractivity contribution >= 4 is 0 Å². The van der Waals surface area contributed by atoms with Gasteiger partial charge in [0.15, 0.2) is 0 Å². The van der Waals surface area contributed by atoms with Gasteiger partial charge < -0.3 is 10.1 Å². The van der Waals surface area contributed by atoms with Gasteiger partial charge in [0.1, 0.15) is 11.4 Å². The van der Waals surface area contributed by atoms with Gasteiger partial charge in [0, 0.05) is 38.3 Å². The van der Waals surface area contributed by atoms with Crippen LogP contribution in [-0.2, 0) is 12.2 Å². The Bertz CT molecular complexity index is 423. The molecule has 1 aromatic carbocycles. The first-order valence-corrected chi connectivity index (χ1v) is 6.80. The minimum atomic E-state index is -1.32. The SMILES string of the molecule is COc1ccc(C(C)(C)F)cc1CN1CCNCC1. The summed E-state index contributed by atoms with van der Waals surface area (Å²) in [5.41, 5.74) is 0.454. The summed E-state index contributed by atoms with van der Waals surface area (Å²) >= 11 is 0. The second-order valence-corrected chi connectivity index (χ2v) is 5.53. The summed E-state index contributed by atoms with van der Waals surface area (Å²) in [6.07, 6.45) is 0. The molecule has 0 aromatic heterocycles. The molecule has 19 heavy (non-hydrogen) atoms. The van der Waals surface area contributed by atoms with Crippen LogP contribution in [0.3, 0.4) is 0 Å². The molecule has 0 unspecified atom stereocenters. The van der Waals surface area contributed by atoms with Gasteiger partial charge >= 0.3 is 0 Å². The van der Waals surface area contributed by atoms with Crippen LogP contribution in [0.1, 0.15) is 25.0 Å². The third kappa shape index (κ3) is 3.67. The number of halogens is 1. The van der Waals surface area contributed by atoms with Crippen molar-refractivity contribution in [3.63, 3.8) is 0 Å². The second kappa shape index (κ2) is 5.88. The zero-order valence-corrected chi connectivity index (χ0v) is 12.0. The molecule has 1 fully saturated rings. The lowest BCUT2D eigenvalue weighted by Gasteiger charge is -2.28. The van der Waals surface area contributed by atoms with E-state index in [1.54, 1.807) is 27.0 Å². The van der Waals surface area contributed by atoms with Gasteiger partial charge in [-0.2, -0.15) is 0 Å². The number of nitrogens with one attached hydrogen (secondary N) is 1. The van der Waals surface area contributed by atoms with Crippen molar-refractivity contribution < 1.29 is 9.13 Å². The molecule has 0 amide bonds. The van der Waals surface area contributed by atoms with Gasteiger partial charge in [-0.1, -0.05) is 6.07 Å². The number of methoxy groups -OCH3 is 1. The van der Waals surface area contributed by atoms with E-state index in [4.69, 9.17) is 4.74 Å². The van der Waals surface area contributed by atoms with Crippen LogP contribution in [0.2, 0.25) is 0 Å². The number of ether oxygens (including phenoxy) is 1. The molecule has 1 aliphatic rings. The Morgan fingerprint density at radius 1 is 1.32 bits per heavy atom. The Morgan fingerprint density at radius 2 is 2.00 bits per heavy atom. The quantitative estimate of drug-likeness (QED) is 0.905. The molecule has 0 radical (unpaired) electrons. The monoisotopic (exact) mass is 266 g/mol. The van der Waals surface area contributed by atoms with Crippen molar-refractivity contribution in [3.05, 3.63) is 29.3 Å². The van der Waals surface area contributed by atoms with Gasteiger partial charge in [-0.3, -0.25) is 4.90 Å². The molecule has 0 bridgehead atoms. The Labute approximate surface area is 114 Å². The van der Waals surface area contributed by atoms with E-state index in [0.717, 1.165) is 44.0 Å². The van der Waals surface area contributed by atoms with E-state index >= 15 is 0 Å². The molecular formula is C15H23FN2O. The first-order chi connectivity index (χ1) is 9.00. The van der Waals surface area contributed by atoms with Crippen LogP contribution in [0, 0.1) is 0 Å². The summed E-state index contributed by atoms with van der Waals surface area (Å²) in [5.74, 6) is 0.839. The zero-order chi connectivity index (χ0) is 13.9. The van der Waals surface area contributed by atoms with Crippen molar-refractivity contribution in [2.24, 2.45) is 0 Å². The average molecular weight is 266 g/mol. The maximum atomic E-state index is 14.1. The van der Waals surface area contributed by atoms with Gasteiger partial charge in [0.2, 0.25) is 0 Å². The number of hydrogen-bond acceptors (Lipinski definition) is 3. The highest BCUT2D eigenvalue weighted by molar-refractivity contribution is 5.39. The third-order valence-corrected chi connectivity index (χ3v) is 3.57. The van der Waals surface area contributed by atoms with Gasteiger partial charge in [-0.25, -0.2) is 4.39 Å². The number of hydrogen-bond donors (Lipinski definition) is 1. The standard InChI is InChI=1S/C15H23FN2O/c1-15(2,16)13-4-5-14(19-3)12(10-13)11-18-8-6-17-7-9-18/h4-5,10,17H,6-9,11H2,1-3H3. The van der Waals surface area contributed by atoms with Gasteiger partial charge in [0.25, 0.3) is 0 Å². The minimum Gasteiger partial charge on any atom is -0.496 e. The van der Waals surface area contributed by atoms with Crippen molar-refractivity contribution in [2.75, 3.05) is 33.3 Å². The second-order valence-electron chi connectivity index (χ2n) is 5.53. The fourth-order valence-corrected chi connectivity index (χ4v) is 2.38. The van der Waals surface area contributed by atoms with E-state index in [-0.39, 0.29) is 0 Å². The van der Waals surface area contributed by atoms with E-state index in [1.165, 1.54) is 0 Å². The van der Waals surface area contributed by atoms with Gasteiger partial charge in [0.05, 0.1) is 7.11 Å². The molecule has 0 saturated carbocycles. The summed E-state index contributed by atoms with van der Waals surface area (Å²) in [7, 11) is 1.66. The lowest BCUT2D eigenvalue weighted by atomic mass is 9.97. The van der Waals surface area contributed by atoms with Crippen LogP contribution >= 0.6 is 0 Å². The van der Waals surface area contributed by atoms with Crippen LogP contribution in [-0.4, -0.2) is 38.2 Å². The number of rotatable bonds is 4. The number of benzene rings is 1. The first kappa shape index (κ1) is 14.3. The Hall–Kier alpha value is -1.13. The smallest absolute Gasteiger partial charge is 0.130 e. The Kier molecular flexibility index (Phi) is 4.42. The molecule has 4 heteroatoms. The topological polar surface area (TPSA) is 24.5 Å². The zero-order valence-electron chi connectivity index (χ0n) is 12.0. The lowest BCUT2D eigenvalue weighted by Crippen LogP contribution is -2.42. The molecule has 1 N–H and O–H groups in total. The summed E-state index contributed by atoms with van der Waals surface area (Å²) in [6, 6.07) is 5.61. The normalized spacial score (nSPS) is 17.5. The summed E-state index contributed by atoms with van der Waals surface area (Å²) in [5, 5.41) is 3.33. The van der Waals surface area contributed by atoms with Crippen LogP contribution < -0.4 is 10.1 Å². The first-order valence-electron chi connectivity index (χ1n) is 6.80. The summed E-state index contributed by atoms with van der Waals surface area (Å²) in [4.78, 5) is 2.36. The molecule has 1 aliphatic heterocycles. The maximum Gasteiger partial charge on any atom is 0.130 e. The fraction of sp³-hybridized carbons (Fsp3) is 0.600. The average Bonchev–Trinajstić information content (AvgIpc) is 2.39. The maximum absolute atomic E-state index is 14.1. The number of piperazine rings is 1. The Morgan fingerprint density at radius 3 is 2.58 bits per heavy atom. The molecule has 1 heterocycles. The molecule has 106 valence electrons. The van der Waals surface area contributed by atoms with E-state index in [9.17, 15) is 4.39 Å². The summed E-state index contributed by atoms with van der Waals surface area (Å²) < 4.78 is 19.4. The lowest BCUT2D eigenvalue weighted by molar-refractivity contribution is 0.217. The molecule has 0 aliphatic carbocycles. The molecule has 1 saturated heterocycles. The highest BCUT2D eigenvalue weighted by Gasteiger charge is 2.21. The molecule has 0 atom stereocenters. The fourth-order valence-electron chi connectivity index (χ4n) is 2.38. The van der Waals surface area contributed by atoms with Crippen molar-refractivity contribution in [3.8, 4) is 5.75 Å². The molecule has 1 aromatic rings. The Balaban J connectivity index is 2.20. The largest absolute Gasteiger partial charge is 0.496 e. The van der Waals surface area contributed by atoms with E-state index in [0.29, 0.717) is 5.56 Å². The van der Waals surface area contributed by atoms with E-state index in [2.05, 4.69) is 10.2 Å². The van der Waals surface area contributed by atoms with Crippen molar-refractivity contribution in [1.82, 2.24) is 10.2 Å². The van der Waals surface area contributed by atoms with Crippen LogP contribution in [0.15, 0.2) is 18.2 Å². The highest BCUT2D eigenvalue weighted by Crippen LogP contribution is 2.30. The molecule has 0 spiro atoms. The van der Waals surface area contributed by atoms with E-state index in [1.807, 2.05) is 12.1 Å². The third-order valence-electron chi connectivity index (χ3n) is 3.57. The van der Waals surface area contributed by atoms with Crippen LogP contribution in [0.5, 0.6) is 5.75 Å². The van der Waals surface area contributed by atoms with Gasteiger partial charge in [-0.15, -0.1) is 0 Å². The predicted octanol–water partition coefficient (Wildman–Crippen LogP) is 2.31. The molecular weight excluding hydrogens is 243 g/mol. The highest BCUT2D eigenvalue weighted by atomic mass is 19.1. The molecule has 3 nitrogen and oxygen atoms in total.